The van der Waals surface area contributed by atoms with Crippen molar-refractivity contribution in [1.82, 2.24) is 10.3 Å². The van der Waals surface area contributed by atoms with Crippen molar-refractivity contribution in [3.63, 3.8) is 0 Å². The van der Waals surface area contributed by atoms with Gasteiger partial charge in [0.2, 0.25) is 0 Å². The molecular formula is C24H22N2O3S. The number of aromatic amines is 1. The Balaban J connectivity index is 1.63. The molecule has 0 saturated heterocycles. The highest BCUT2D eigenvalue weighted by Gasteiger charge is 2.19. The molecule has 5 nitrogen and oxygen atoms in total. The molecule has 0 radical (unpaired) electrons. The van der Waals surface area contributed by atoms with Crippen LogP contribution in [0.25, 0.3) is 10.9 Å². The maximum absolute atomic E-state index is 13.1. The van der Waals surface area contributed by atoms with Crippen molar-refractivity contribution < 1.29 is 14.3 Å². The minimum atomic E-state index is -0.153. The molecule has 30 heavy (non-hydrogen) atoms. The molecule has 0 bridgehead atoms. The smallest absolute Gasteiger partial charge is 0.269 e. The predicted molar refractivity (Wildman–Crippen MR) is 120 cm³/mol. The fourth-order valence-corrected chi connectivity index (χ4v) is 4.23. The number of nitrogens with one attached hydrogen (secondary N) is 2. The van der Waals surface area contributed by atoms with E-state index in [4.69, 9.17) is 9.47 Å². The highest BCUT2D eigenvalue weighted by Crippen LogP contribution is 2.37. The van der Waals surface area contributed by atoms with Crippen LogP contribution in [-0.2, 0) is 6.54 Å². The number of ether oxygens (including phenoxy) is 2. The number of carbonyl (C=O) groups is 1. The first-order valence-electron chi connectivity index (χ1n) is 9.51. The van der Waals surface area contributed by atoms with Crippen molar-refractivity contribution >= 4 is 28.6 Å². The molecule has 152 valence electrons. The number of H-pyrrole nitrogens is 1. The zero-order valence-electron chi connectivity index (χ0n) is 16.8. The van der Waals surface area contributed by atoms with Gasteiger partial charge in [0.05, 0.1) is 24.6 Å². The minimum absolute atomic E-state index is 0.153. The number of hydrogen-bond acceptors (Lipinski definition) is 4. The number of fused-ring (bicyclic) bond motifs is 1. The Labute approximate surface area is 179 Å². The van der Waals surface area contributed by atoms with E-state index in [0.29, 0.717) is 12.2 Å². The van der Waals surface area contributed by atoms with Crippen LogP contribution in [0.2, 0.25) is 0 Å². The monoisotopic (exact) mass is 418 g/mol. The normalized spacial score (nSPS) is 10.7. The Kier molecular flexibility index (Phi) is 5.95. The van der Waals surface area contributed by atoms with Crippen LogP contribution in [0.3, 0.4) is 0 Å². The van der Waals surface area contributed by atoms with E-state index in [2.05, 4.69) is 10.3 Å². The van der Waals surface area contributed by atoms with Crippen LogP contribution in [0.15, 0.2) is 82.6 Å². The third-order valence-electron chi connectivity index (χ3n) is 4.76. The fourth-order valence-electron chi connectivity index (χ4n) is 3.16. The van der Waals surface area contributed by atoms with Gasteiger partial charge in [-0.2, -0.15) is 0 Å². The van der Waals surface area contributed by atoms with E-state index in [9.17, 15) is 4.79 Å². The summed E-state index contributed by atoms with van der Waals surface area (Å²) in [4.78, 5) is 18.3. The molecule has 4 aromatic rings. The number of rotatable bonds is 7. The van der Waals surface area contributed by atoms with E-state index in [1.165, 1.54) is 0 Å². The number of amides is 1. The van der Waals surface area contributed by atoms with Crippen molar-refractivity contribution in [2.75, 3.05) is 14.2 Å². The van der Waals surface area contributed by atoms with Gasteiger partial charge in [-0.25, -0.2) is 0 Å². The minimum Gasteiger partial charge on any atom is -0.497 e. The van der Waals surface area contributed by atoms with Crippen molar-refractivity contribution in [3.8, 4) is 11.5 Å². The Bertz CT molecular complexity index is 1150. The van der Waals surface area contributed by atoms with Gasteiger partial charge in [0, 0.05) is 22.9 Å². The predicted octanol–water partition coefficient (Wildman–Crippen LogP) is 5.27. The summed E-state index contributed by atoms with van der Waals surface area (Å²) in [5, 5.41) is 4.00. The number of hydrogen-bond donors (Lipinski definition) is 2. The van der Waals surface area contributed by atoms with Crippen LogP contribution >= 0.6 is 11.8 Å². The summed E-state index contributed by atoms with van der Waals surface area (Å²) >= 11 is 1.57. The van der Waals surface area contributed by atoms with Crippen LogP contribution in [0.4, 0.5) is 0 Å². The van der Waals surface area contributed by atoms with Gasteiger partial charge in [0.1, 0.15) is 17.2 Å². The second kappa shape index (κ2) is 8.97. The molecule has 1 aromatic heterocycles. The number of methoxy groups -OCH3 is 2. The molecule has 1 heterocycles. The lowest BCUT2D eigenvalue weighted by atomic mass is 10.2. The second-order valence-electron chi connectivity index (χ2n) is 6.69. The second-order valence-corrected chi connectivity index (χ2v) is 7.77. The average molecular weight is 419 g/mol. The third kappa shape index (κ3) is 4.28. The highest BCUT2D eigenvalue weighted by atomic mass is 32.2. The van der Waals surface area contributed by atoms with E-state index in [1.54, 1.807) is 26.0 Å². The lowest BCUT2D eigenvalue weighted by Gasteiger charge is -2.08. The number of aromatic nitrogens is 1. The van der Waals surface area contributed by atoms with Gasteiger partial charge in [0.25, 0.3) is 5.91 Å². The van der Waals surface area contributed by atoms with E-state index in [1.807, 2.05) is 72.8 Å². The van der Waals surface area contributed by atoms with Crippen molar-refractivity contribution in [3.05, 3.63) is 84.1 Å². The largest absolute Gasteiger partial charge is 0.497 e. The van der Waals surface area contributed by atoms with Gasteiger partial charge >= 0.3 is 0 Å². The van der Waals surface area contributed by atoms with Gasteiger partial charge in [-0.1, -0.05) is 42.1 Å². The summed E-state index contributed by atoms with van der Waals surface area (Å²) in [6.07, 6.45) is 0. The highest BCUT2D eigenvalue weighted by molar-refractivity contribution is 7.99. The molecule has 1 amide bonds. The van der Waals surface area contributed by atoms with Crippen molar-refractivity contribution in [1.29, 1.82) is 0 Å². The average Bonchev–Trinajstić information content (AvgIpc) is 3.16. The molecule has 0 unspecified atom stereocenters. The van der Waals surface area contributed by atoms with E-state index in [-0.39, 0.29) is 5.91 Å². The molecule has 0 aliphatic heterocycles. The lowest BCUT2D eigenvalue weighted by molar-refractivity contribution is 0.0944. The maximum atomic E-state index is 13.1. The molecule has 0 saturated carbocycles. The summed E-state index contributed by atoms with van der Waals surface area (Å²) in [5.41, 5.74) is 2.40. The van der Waals surface area contributed by atoms with E-state index < -0.39 is 0 Å². The molecular weight excluding hydrogens is 396 g/mol. The quantitative estimate of drug-likeness (QED) is 0.429. The van der Waals surface area contributed by atoms with Gasteiger partial charge in [-0.05, 0) is 42.0 Å². The van der Waals surface area contributed by atoms with Gasteiger partial charge in [-0.3, -0.25) is 4.79 Å². The van der Waals surface area contributed by atoms with Gasteiger partial charge in [-0.15, -0.1) is 0 Å². The summed E-state index contributed by atoms with van der Waals surface area (Å²) in [6.45, 7) is 0.428. The number of benzene rings is 3. The molecule has 3 aromatic carbocycles. The van der Waals surface area contributed by atoms with Gasteiger partial charge < -0.3 is 19.8 Å². The first kappa shape index (κ1) is 19.9. The van der Waals surface area contributed by atoms with E-state index in [0.717, 1.165) is 37.8 Å². The first-order valence-corrected chi connectivity index (χ1v) is 10.3. The molecule has 6 heteroatoms. The molecule has 0 aliphatic rings. The van der Waals surface area contributed by atoms with Crippen LogP contribution in [-0.4, -0.2) is 25.1 Å². The maximum Gasteiger partial charge on any atom is 0.269 e. The summed E-state index contributed by atoms with van der Waals surface area (Å²) < 4.78 is 10.5. The lowest BCUT2D eigenvalue weighted by Crippen LogP contribution is -2.23. The zero-order valence-corrected chi connectivity index (χ0v) is 17.6. The van der Waals surface area contributed by atoms with Crippen LogP contribution < -0.4 is 14.8 Å². The molecule has 0 aliphatic carbocycles. The molecule has 2 N–H and O–H groups in total. The first-order chi connectivity index (χ1) is 14.7. The Morgan fingerprint density at radius 1 is 0.933 bits per heavy atom. The Hall–Kier alpha value is -3.38. The number of carbonyl (C=O) groups excluding carboxylic acids is 1. The van der Waals surface area contributed by atoms with Gasteiger partial charge in [0.15, 0.2) is 0 Å². The van der Waals surface area contributed by atoms with E-state index >= 15 is 0 Å². The molecule has 0 fully saturated rings. The van der Waals surface area contributed by atoms with Crippen LogP contribution in [0.1, 0.15) is 16.1 Å². The summed E-state index contributed by atoms with van der Waals surface area (Å²) in [5.74, 6) is 1.38. The molecule has 0 spiro atoms. The SMILES string of the molecule is COc1ccc(CNC(=O)c2[nH]c3cc(OC)ccc3c2Sc2ccccc2)cc1. The van der Waals surface area contributed by atoms with Crippen LogP contribution in [0, 0.1) is 0 Å². The molecule has 0 atom stereocenters. The third-order valence-corrected chi connectivity index (χ3v) is 5.90. The summed E-state index contributed by atoms with van der Waals surface area (Å²) in [7, 11) is 3.26. The topological polar surface area (TPSA) is 63.3 Å². The standard InChI is InChI=1S/C24H22N2O3S/c1-28-17-10-8-16(9-11-17)15-25-24(27)22-23(30-19-6-4-3-5-7-19)20-13-12-18(29-2)14-21(20)26-22/h3-14,26H,15H2,1-2H3,(H,25,27). The zero-order chi connectivity index (χ0) is 20.9. The Morgan fingerprint density at radius 3 is 2.33 bits per heavy atom. The summed E-state index contributed by atoms with van der Waals surface area (Å²) in [6, 6.07) is 23.5. The molecule has 4 rings (SSSR count). The van der Waals surface area contributed by atoms with Crippen molar-refractivity contribution in [2.24, 2.45) is 0 Å². The fraction of sp³-hybridized carbons (Fsp3) is 0.125. The van der Waals surface area contributed by atoms with Crippen LogP contribution in [0.5, 0.6) is 11.5 Å². The Morgan fingerprint density at radius 2 is 1.63 bits per heavy atom. The van der Waals surface area contributed by atoms with Crippen molar-refractivity contribution in [2.45, 2.75) is 16.3 Å².